The molecule has 0 fully saturated rings. The van der Waals surface area contributed by atoms with E-state index in [4.69, 9.17) is 4.74 Å². The van der Waals surface area contributed by atoms with Crippen LogP contribution in [0, 0.1) is 0 Å². The Morgan fingerprint density at radius 3 is 3.12 bits per heavy atom. The smallest absolute Gasteiger partial charge is 0.226 e. The summed E-state index contributed by atoms with van der Waals surface area (Å²) in [6, 6.07) is 11.5. The van der Waals surface area contributed by atoms with Crippen LogP contribution in [-0.2, 0) is 11.2 Å². The van der Waals surface area contributed by atoms with Gasteiger partial charge in [-0.25, -0.2) is 4.98 Å². The molecule has 1 unspecified atom stereocenters. The molecule has 2 aromatic heterocycles. The first-order valence-corrected chi connectivity index (χ1v) is 9.94. The molecule has 3 heterocycles. The van der Waals surface area contributed by atoms with Gasteiger partial charge in [-0.15, -0.1) is 11.3 Å². The molecule has 1 aliphatic heterocycles. The van der Waals surface area contributed by atoms with Gasteiger partial charge in [0.2, 0.25) is 5.91 Å². The average molecular weight is 430 g/mol. The molecule has 0 radical (unpaired) electrons. The SMILES string of the molecule is O=C(Cc1csc(-c2ccccn2)n1)NC1CCOc2ccc(Br)cc21. The molecular formula is C19H16BrN3O2S. The highest BCUT2D eigenvalue weighted by atomic mass is 79.9. The summed E-state index contributed by atoms with van der Waals surface area (Å²) in [6.45, 7) is 0.597. The molecule has 4 rings (SSSR count). The van der Waals surface area contributed by atoms with E-state index in [1.807, 2.05) is 41.8 Å². The second-order valence-electron chi connectivity index (χ2n) is 5.98. The van der Waals surface area contributed by atoms with Gasteiger partial charge >= 0.3 is 0 Å². The Labute approximate surface area is 163 Å². The standard InChI is InChI=1S/C19H16BrN3O2S/c20-12-4-5-17-14(9-12)15(6-8-25-17)23-18(24)10-13-11-26-19(22-13)16-3-1-2-7-21-16/h1-5,7,9,11,15H,6,8,10H2,(H,23,24). The molecule has 3 aromatic rings. The van der Waals surface area contributed by atoms with Crippen molar-refractivity contribution in [3.05, 3.63) is 63.7 Å². The second-order valence-corrected chi connectivity index (χ2v) is 7.75. The van der Waals surface area contributed by atoms with Crippen molar-refractivity contribution in [1.29, 1.82) is 0 Å². The van der Waals surface area contributed by atoms with Crippen LogP contribution in [-0.4, -0.2) is 22.5 Å². The van der Waals surface area contributed by atoms with Crippen molar-refractivity contribution in [2.75, 3.05) is 6.61 Å². The zero-order valence-electron chi connectivity index (χ0n) is 13.8. The number of pyridine rings is 1. The molecule has 7 heteroatoms. The normalized spacial score (nSPS) is 15.8. The third-order valence-electron chi connectivity index (χ3n) is 4.12. The maximum absolute atomic E-state index is 12.5. The third kappa shape index (κ3) is 3.78. The lowest BCUT2D eigenvalue weighted by Crippen LogP contribution is -2.33. The lowest BCUT2D eigenvalue weighted by atomic mass is 10.0. The van der Waals surface area contributed by atoms with Gasteiger partial charge in [0.15, 0.2) is 0 Å². The molecule has 26 heavy (non-hydrogen) atoms. The molecule has 5 nitrogen and oxygen atoms in total. The number of benzene rings is 1. The van der Waals surface area contributed by atoms with E-state index >= 15 is 0 Å². The van der Waals surface area contributed by atoms with Crippen LogP contribution in [0.1, 0.15) is 23.7 Å². The van der Waals surface area contributed by atoms with E-state index in [1.54, 1.807) is 6.20 Å². The van der Waals surface area contributed by atoms with Crippen LogP contribution in [0.5, 0.6) is 5.75 Å². The highest BCUT2D eigenvalue weighted by Crippen LogP contribution is 2.34. The van der Waals surface area contributed by atoms with E-state index < -0.39 is 0 Å². The minimum absolute atomic E-state index is 0.0410. The van der Waals surface area contributed by atoms with Crippen molar-refractivity contribution < 1.29 is 9.53 Å². The molecule has 0 aliphatic carbocycles. The quantitative estimate of drug-likeness (QED) is 0.676. The first kappa shape index (κ1) is 17.2. The van der Waals surface area contributed by atoms with Gasteiger partial charge in [-0.3, -0.25) is 9.78 Å². The Balaban J connectivity index is 1.44. The van der Waals surface area contributed by atoms with E-state index in [1.165, 1.54) is 11.3 Å². The summed E-state index contributed by atoms with van der Waals surface area (Å²) in [5.74, 6) is 0.788. The van der Waals surface area contributed by atoms with Gasteiger partial charge in [0.25, 0.3) is 0 Å². The Hall–Kier alpha value is -2.25. The van der Waals surface area contributed by atoms with Gasteiger partial charge < -0.3 is 10.1 Å². The summed E-state index contributed by atoms with van der Waals surface area (Å²) >= 11 is 4.98. The molecule has 0 saturated carbocycles. The zero-order valence-corrected chi connectivity index (χ0v) is 16.2. The van der Waals surface area contributed by atoms with E-state index in [9.17, 15) is 4.79 Å². The first-order valence-electron chi connectivity index (χ1n) is 8.26. The van der Waals surface area contributed by atoms with Gasteiger partial charge in [0.05, 0.1) is 30.5 Å². The van der Waals surface area contributed by atoms with E-state index in [0.29, 0.717) is 6.61 Å². The van der Waals surface area contributed by atoms with Gasteiger partial charge in [-0.05, 0) is 30.3 Å². The number of carbonyl (C=O) groups excluding carboxylic acids is 1. The highest BCUT2D eigenvalue weighted by molar-refractivity contribution is 9.10. The summed E-state index contributed by atoms with van der Waals surface area (Å²) in [5, 5.41) is 5.85. The number of hydrogen-bond donors (Lipinski definition) is 1. The number of amides is 1. The number of aromatic nitrogens is 2. The van der Waals surface area contributed by atoms with Crippen molar-refractivity contribution in [1.82, 2.24) is 15.3 Å². The fourth-order valence-electron chi connectivity index (χ4n) is 2.92. The number of nitrogens with zero attached hydrogens (tertiary/aromatic N) is 2. The van der Waals surface area contributed by atoms with E-state index in [0.717, 1.165) is 38.6 Å². The number of nitrogens with one attached hydrogen (secondary N) is 1. The highest BCUT2D eigenvalue weighted by Gasteiger charge is 2.23. The number of ether oxygens (including phenoxy) is 1. The maximum atomic E-state index is 12.5. The van der Waals surface area contributed by atoms with Crippen molar-refractivity contribution in [2.45, 2.75) is 18.9 Å². The van der Waals surface area contributed by atoms with Crippen LogP contribution in [0.3, 0.4) is 0 Å². The molecule has 0 bridgehead atoms. The lowest BCUT2D eigenvalue weighted by Gasteiger charge is -2.26. The van der Waals surface area contributed by atoms with Crippen LogP contribution in [0.15, 0.2) is 52.4 Å². The van der Waals surface area contributed by atoms with Crippen LogP contribution >= 0.6 is 27.3 Å². The molecule has 132 valence electrons. The minimum Gasteiger partial charge on any atom is -0.493 e. The summed E-state index contributed by atoms with van der Waals surface area (Å²) < 4.78 is 6.64. The number of hydrogen-bond acceptors (Lipinski definition) is 5. The molecule has 1 aromatic carbocycles. The van der Waals surface area contributed by atoms with Gasteiger partial charge in [0, 0.05) is 28.0 Å². The van der Waals surface area contributed by atoms with Gasteiger partial charge in [-0.1, -0.05) is 22.0 Å². The second kappa shape index (κ2) is 7.55. The number of fused-ring (bicyclic) bond motifs is 1. The molecule has 1 amide bonds. The summed E-state index contributed by atoms with van der Waals surface area (Å²) in [7, 11) is 0. The number of thiazole rings is 1. The largest absolute Gasteiger partial charge is 0.493 e. The number of halogens is 1. The van der Waals surface area contributed by atoms with Crippen molar-refractivity contribution in [2.24, 2.45) is 0 Å². The predicted octanol–water partition coefficient (Wildman–Crippen LogP) is 4.15. The topological polar surface area (TPSA) is 64.1 Å². The Morgan fingerprint density at radius 2 is 2.27 bits per heavy atom. The van der Waals surface area contributed by atoms with E-state index in [-0.39, 0.29) is 18.4 Å². The average Bonchev–Trinajstić information content (AvgIpc) is 3.11. The van der Waals surface area contributed by atoms with E-state index in [2.05, 4.69) is 31.2 Å². The number of rotatable bonds is 4. The minimum atomic E-state index is -0.0438. The Bertz CT molecular complexity index is 930. The first-order chi connectivity index (χ1) is 12.7. The lowest BCUT2D eigenvalue weighted by molar-refractivity contribution is -0.121. The fourth-order valence-corrected chi connectivity index (χ4v) is 4.09. The molecule has 0 saturated heterocycles. The Morgan fingerprint density at radius 1 is 1.35 bits per heavy atom. The summed E-state index contributed by atoms with van der Waals surface area (Å²) in [4.78, 5) is 21.3. The van der Waals surface area contributed by atoms with Crippen LogP contribution in [0.2, 0.25) is 0 Å². The van der Waals surface area contributed by atoms with Crippen molar-refractivity contribution in [3.63, 3.8) is 0 Å². The fraction of sp³-hybridized carbons (Fsp3) is 0.211. The van der Waals surface area contributed by atoms with Crippen molar-refractivity contribution >= 4 is 33.2 Å². The van der Waals surface area contributed by atoms with Gasteiger partial charge in [0.1, 0.15) is 10.8 Å². The van der Waals surface area contributed by atoms with Gasteiger partial charge in [-0.2, -0.15) is 0 Å². The monoisotopic (exact) mass is 429 g/mol. The third-order valence-corrected chi connectivity index (χ3v) is 5.53. The molecule has 1 N–H and O–H groups in total. The molecular weight excluding hydrogens is 414 g/mol. The van der Waals surface area contributed by atoms with Crippen LogP contribution in [0.25, 0.3) is 10.7 Å². The summed E-state index contributed by atoms with van der Waals surface area (Å²) in [6.07, 6.45) is 2.75. The molecule has 0 spiro atoms. The van der Waals surface area contributed by atoms with Crippen LogP contribution < -0.4 is 10.1 Å². The number of carbonyl (C=O) groups is 1. The van der Waals surface area contributed by atoms with Crippen molar-refractivity contribution in [3.8, 4) is 16.5 Å². The predicted molar refractivity (Wildman–Crippen MR) is 104 cm³/mol. The molecule has 1 aliphatic rings. The molecule has 1 atom stereocenters. The van der Waals surface area contributed by atoms with Crippen LogP contribution in [0.4, 0.5) is 0 Å². The maximum Gasteiger partial charge on any atom is 0.226 e. The zero-order chi connectivity index (χ0) is 17.9. The summed E-state index contributed by atoms with van der Waals surface area (Å²) in [5.41, 5.74) is 2.59. The Kier molecular flexibility index (Phi) is 4.99.